The first kappa shape index (κ1) is 17.9. The van der Waals surface area contributed by atoms with Crippen LogP contribution in [0.2, 0.25) is 0 Å². The van der Waals surface area contributed by atoms with Crippen molar-refractivity contribution in [3.8, 4) is 0 Å². The maximum atomic E-state index is 13.0. The molecule has 3 atom stereocenters. The normalized spacial score (nSPS) is 33.0. The molecule has 26 heavy (non-hydrogen) atoms. The summed E-state index contributed by atoms with van der Waals surface area (Å²) in [5, 5.41) is 3.24. The summed E-state index contributed by atoms with van der Waals surface area (Å²) in [6, 6.07) is 1.61. The van der Waals surface area contributed by atoms with Gasteiger partial charge in [0.1, 0.15) is 16.6 Å². The SMILES string of the molecule is Cc1cc(C(=O)N2C[C@H]3C[C@@H]4[C@@](C2)(CN(CCC(C)C)S4(=O)=O)O3)no1. The van der Waals surface area contributed by atoms with E-state index in [9.17, 15) is 13.2 Å². The standard InChI is InChI=1S/C17H25N3O5S/c1-11(2)4-5-20-10-17-9-19(16(21)14-6-12(3)25-18-14)8-13(24-17)7-15(17)26(20,22)23/h6,11,13,15H,4-5,7-10H2,1-3H3/t13-,15-,17-/m1/s1. The third-order valence-electron chi connectivity index (χ3n) is 5.60. The molecule has 0 unspecified atom stereocenters. The zero-order valence-electron chi connectivity index (χ0n) is 15.3. The van der Waals surface area contributed by atoms with Gasteiger partial charge in [0.25, 0.3) is 5.91 Å². The molecular formula is C17H25N3O5S. The van der Waals surface area contributed by atoms with Crippen LogP contribution in [-0.4, -0.2) is 71.8 Å². The van der Waals surface area contributed by atoms with E-state index in [2.05, 4.69) is 19.0 Å². The van der Waals surface area contributed by atoms with E-state index in [4.69, 9.17) is 9.26 Å². The van der Waals surface area contributed by atoms with Gasteiger partial charge in [-0.25, -0.2) is 8.42 Å². The minimum atomic E-state index is -3.40. The number of likely N-dealkylation sites (tertiary alicyclic amines) is 1. The molecule has 0 aliphatic carbocycles. The first-order chi connectivity index (χ1) is 12.2. The Morgan fingerprint density at radius 3 is 2.85 bits per heavy atom. The van der Waals surface area contributed by atoms with Gasteiger partial charge in [-0.2, -0.15) is 4.31 Å². The number of morpholine rings is 1. The fourth-order valence-electron chi connectivity index (χ4n) is 4.34. The summed E-state index contributed by atoms with van der Waals surface area (Å²) >= 11 is 0. The van der Waals surface area contributed by atoms with Crippen LogP contribution in [0.4, 0.5) is 0 Å². The number of sulfonamides is 1. The molecule has 1 aromatic heterocycles. The molecule has 1 amide bonds. The Balaban J connectivity index is 1.57. The summed E-state index contributed by atoms with van der Waals surface area (Å²) in [6.45, 7) is 7.39. The van der Waals surface area contributed by atoms with Crippen LogP contribution >= 0.6 is 0 Å². The monoisotopic (exact) mass is 383 g/mol. The van der Waals surface area contributed by atoms with Gasteiger partial charge < -0.3 is 14.2 Å². The van der Waals surface area contributed by atoms with Gasteiger partial charge in [0.2, 0.25) is 10.0 Å². The molecule has 2 bridgehead atoms. The quantitative estimate of drug-likeness (QED) is 0.771. The zero-order valence-corrected chi connectivity index (χ0v) is 16.2. The first-order valence-corrected chi connectivity index (χ1v) is 10.6. The Bertz CT molecular complexity index is 820. The number of aromatic nitrogens is 1. The zero-order chi connectivity index (χ0) is 18.7. The lowest BCUT2D eigenvalue weighted by atomic mass is 9.99. The molecule has 3 aliphatic rings. The van der Waals surface area contributed by atoms with E-state index in [0.717, 1.165) is 6.42 Å². The van der Waals surface area contributed by atoms with Crippen molar-refractivity contribution in [1.82, 2.24) is 14.4 Å². The van der Waals surface area contributed by atoms with Gasteiger partial charge in [0.15, 0.2) is 5.69 Å². The van der Waals surface area contributed by atoms with Crippen molar-refractivity contribution in [3.63, 3.8) is 0 Å². The number of carbonyl (C=O) groups is 1. The molecular weight excluding hydrogens is 358 g/mol. The molecule has 0 radical (unpaired) electrons. The average molecular weight is 383 g/mol. The van der Waals surface area contributed by atoms with Crippen LogP contribution < -0.4 is 0 Å². The summed E-state index contributed by atoms with van der Waals surface area (Å²) in [4.78, 5) is 14.4. The number of fused-ring (bicyclic) bond motifs is 1. The lowest BCUT2D eigenvalue weighted by molar-refractivity contribution is -0.0979. The predicted molar refractivity (Wildman–Crippen MR) is 93.1 cm³/mol. The molecule has 3 saturated heterocycles. The van der Waals surface area contributed by atoms with E-state index >= 15 is 0 Å². The van der Waals surface area contributed by atoms with E-state index in [1.54, 1.807) is 22.2 Å². The topological polar surface area (TPSA) is 93.0 Å². The Labute approximate surface area is 153 Å². The van der Waals surface area contributed by atoms with Crippen molar-refractivity contribution in [2.75, 3.05) is 26.2 Å². The van der Waals surface area contributed by atoms with Crippen LogP contribution in [0, 0.1) is 12.8 Å². The van der Waals surface area contributed by atoms with Gasteiger partial charge in [-0.15, -0.1) is 0 Å². The highest BCUT2D eigenvalue weighted by Crippen LogP contribution is 2.46. The van der Waals surface area contributed by atoms with Crippen LogP contribution in [0.15, 0.2) is 10.6 Å². The molecule has 1 spiro atoms. The minimum absolute atomic E-state index is 0.229. The maximum absolute atomic E-state index is 13.0. The predicted octanol–water partition coefficient (Wildman–Crippen LogP) is 1.03. The van der Waals surface area contributed by atoms with Crippen LogP contribution in [0.5, 0.6) is 0 Å². The lowest BCUT2D eigenvalue weighted by Gasteiger charge is -2.39. The molecule has 0 aromatic carbocycles. The highest BCUT2D eigenvalue weighted by molar-refractivity contribution is 7.90. The molecule has 4 heterocycles. The highest BCUT2D eigenvalue weighted by Gasteiger charge is 2.65. The number of hydrogen-bond donors (Lipinski definition) is 0. The lowest BCUT2D eigenvalue weighted by Crippen LogP contribution is -2.56. The molecule has 3 aliphatic heterocycles. The molecule has 3 fully saturated rings. The van der Waals surface area contributed by atoms with Crippen LogP contribution in [0.1, 0.15) is 42.9 Å². The van der Waals surface area contributed by atoms with Gasteiger partial charge >= 0.3 is 0 Å². The second-order valence-electron chi connectivity index (χ2n) is 8.10. The number of amides is 1. The van der Waals surface area contributed by atoms with Gasteiger partial charge in [-0.1, -0.05) is 19.0 Å². The van der Waals surface area contributed by atoms with Gasteiger partial charge in [-0.3, -0.25) is 4.79 Å². The summed E-state index contributed by atoms with van der Waals surface area (Å²) in [5.41, 5.74) is -0.568. The number of aryl methyl sites for hydroxylation is 1. The second kappa shape index (κ2) is 6.03. The largest absolute Gasteiger partial charge is 0.365 e. The van der Waals surface area contributed by atoms with Gasteiger partial charge in [0, 0.05) is 25.7 Å². The first-order valence-electron chi connectivity index (χ1n) is 9.11. The summed E-state index contributed by atoms with van der Waals surface area (Å²) in [6.07, 6.45) is 1.02. The molecule has 0 N–H and O–H groups in total. The van der Waals surface area contributed by atoms with Crippen LogP contribution in [0.25, 0.3) is 0 Å². The number of ether oxygens (including phenoxy) is 1. The summed E-state index contributed by atoms with van der Waals surface area (Å²) in [5.74, 6) is 0.772. The Morgan fingerprint density at radius 1 is 1.42 bits per heavy atom. The third kappa shape index (κ3) is 2.76. The van der Waals surface area contributed by atoms with E-state index in [1.165, 1.54) is 0 Å². The second-order valence-corrected chi connectivity index (χ2v) is 10.2. The van der Waals surface area contributed by atoms with Crippen molar-refractivity contribution in [1.29, 1.82) is 0 Å². The summed E-state index contributed by atoms with van der Waals surface area (Å²) < 4.78 is 38.7. The van der Waals surface area contributed by atoms with Gasteiger partial charge in [0.05, 0.1) is 12.6 Å². The van der Waals surface area contributed by atoms with Crippen molar-refractivity contribution in [2.45, 2.75) is 50.6 Å². The number of hydrogen-bond acceptors (Lipinski definition) is 6. The van der Waals surface area contributed by atoms with E-state index < -0.39 is 20.9 Å². The van der Waals surface area contributed by atoms with Gasteiger partial charge in [-0.05, 0) is 25.7 Å². The van der Waals surface area contributed by atoms with Crippen molar-refractivity contribution in [3.05, 3.63) is 17.5 Å². The fourth-order valence-corrected chi connectivity index (χ4v) is 6.66. The van der Waals surface area contributed by atoms with Crippen LogP contribution in [-0.2, 0) is 14.8 Å². The molecule has 4 rings (SSSR count). The van der Waals surface area contributed by atoms with Crippen molar-refractivity contribution in [2.24, 2.45) is 5.92 Å². The molecule has 8 nitrogen and oxygen atoms in total. The highest BCUT2D eigenvalue weighted by atomic mass is 32.2. The Kier molecular flexibility index (Phi) is 4.16. The van der Waals surface area contributed by atoms with E-state index in [-0.39, 0.29) is 24.2 Å². The number of nitrogens with zero attached hydrogens (tertiary/aromatic N) is 3. The van der Waals surface area contributed by atoms with Crippen molar-refractivity contribution < 1.29 is 22.5 Å². The smallest absolute Gasteiger partial charge is 0.276 e. The molecule has 1 aromatic rings. The van der Waals surface area contributed by atoms with E-state index in [0.29, 0.717) is 37.7 Å². The minimum Gasteiger partial charge on any atom is -0.365 e. The average Bonchev–Trinajstić information content (AvgIpc) is 3.16. The summed E-state index contributed by atoms with van der Waals surface area (Å²) in [7, 11) is -3.40. The maximum Gasteiger partial charge on any atom is 0.276 e. The van der Waals surface area contributed by atoms with Crippen LogP contribution in [0.3, 0.4) is 0 Å². The number of rotatable bonds is 4. The van der Waals surface area contributed by atoms with E-state index in [1.807, 2.05) is 0 Å². The Hall–Kier alpha value is -1.45. The molecule has 0 saturated carbocycles. The van der Waals surface area contributed by atoms with Crippen molar-refractivity contribution >= 4 is 15.9 Å². The fraction of sp³-hybridized carbons (Fsp3) is 0.765. The molecule has 144 valence electrons. The molecule has 9 heteroatoms. The Morgan fingerprint density at radius 2 is 2.19 bits per heavy atom. The third-order valence-corrected chi connectivity index (χ3v) is 7.97. The number of carbonyl (C=O) groups excluding carboxylic acids is 1.